The van der Waals surface area contributed by atoms with Gasteiger partial charge in [-0.3, -0.25) is 4.79 Å². The largest absolute Gasteiger partial charge is 0.479 e. The van der Waals surface area contributed by atoms with Gasteiger partial charge in [-0.1, -0.05) is 26.7 Å². The molecule has 0 spiro atoms. The van der Waals surface area contributed by atoms with Crippen molar-refractivity contribution < 1.29 is 14.7 Å². The average molecular weight is 255 g/mol. The highest BCUT2D eigenvalue weighted by Gasteiger charge is 2.53. The lowest BCUT2D eigenvalue weighted by Crippen LogP contribution is -2.64. The second kappa shape index (κ2) is 5.29. The number of amides is 1. The van der Waals surface area contributed by atoms with Crippen molar-refractivity contribution in [2.24, 2.45) is 11.8 Å². The predicted octanol–water partition coefficient (Wildman–Crippen LogP) is 2.52. The van der Waals surface area contributed by atoms with Crippen molar-refractivity contribution in [2.45, 2.75) is 65.5 Å². The summed E-state index contributed by atoms with van der Waals surface area (Å²) in [5.74, 6) is -0.690. The van der Waals surface area contributed by atoms with Crippen LogP contribution < -0.4 is 0 Å². The van der Waals surface area contributed by atoms with Crippen molar-refractivity contribution in [3.8, 4) is 0 Å². The first-order chi connectivity index (χ1) is 8.25. The van der Waals surface area contributed by atoms with E-state index in [1.807, 2.05) is 20.8 Å². The van der Waals surface area contributed by atoms with Gasteiger partial charge in [0, 0.05) is 13.0 Å². The van der Waals surface area contributed by atoms with Crippen molar-refractivity contribution >= 4 is 11.9 Å². The Morgan fingerprint density at radius 1 is 1.33 bits per heavy atom. The summed E-state index contributed by atoms with van der Waals surface area (Å²) < 4.78 is 0. The van der Waals surface area contributed by atoms with Crippen LogP contribution in [0.4, 0.5) is 0 Å². The Bertz CT molecular complexity index is 340. The average Bonchev–Trinajstić information content (AvgIpc) is 2.23. The number of carboxylic acid groups (broad SMARTS) is 1. The first kappa shape index (κ1) is 15.0. The van der Waals surface area contributed by atoms with E-state index in [1.165, 1.54) is 6.92 Å². The van der Waals surface area contributed by atoms with Crippen LogP contribution in [-0.2, 0) is 9.59 Å². The molecule has 3 unspecified atom stereocenters. The second-order valence-electron chi connectivity index (χ2n) is 5.87. The molecule has 1 saturated carbocycles. The van der Waals surface area contributed by atoms with Crippen LogP contribution in [0.25, 0.3) is 0 Å². The summed E-state index contributed by atoms with van der Waals surface area (Å²) in [4.78, 5) is 25.4. The first-order valence-electron chi connectivity index (χ1n) is 6.78. The maximum absolute atomic E-state index is 11.9. The molecule has 0 aromatic rings. The van der Waals surface area contributed by atoms with Gasteiger partial charge in [0.25, 0.3) is 0 Å². The second-order valence-corrected chi connectivity index (χ2v) is 5.87. The topological polar surface area (TPSA) is 57.6 Å². The van der Waals surface area contributed by atoms with E-state index in [1.54, 1.807) is 4.90 Å². The fourth-order valence-corrected chi connectivity index (χ4v) is 3.49. The van der Waals surface area contributed by atoms with Crippen LogP contribution in [0, 0.1) is 11.8 Å². The summed E-state index contributed by atoms with van der Waals surface area (Å²) in [6, 6.07) is -0.0913. The van der Waals surface area contributed by atoms with Gasteiger partial charge < -0.3 is 10.0 Å². The Morgan fingerprint density at radius 3 is 2.28 bits per heavy atom. The van der Waals surface area contributed by atoms with Crippen LogP contribution in [0.5, 0.6) is 0 Å². The van der Waals surface area contributed by atoms with E-state index in [4.69, 9.17) is 0 Å². The van der Waals surface area contributed by atoms with Gasteiger partial charge in [-0.2, -0.15) is 0 Å². The van der Waals surface area contributed by atoms with E-state index >= 15 is 0 Å². The molecule has 1 fully saturated rings. The molecule has 0 aliphatic heterocycles. The molecule has 1 amide bonds. The Hall–Kier alpha value is -1.06. The summed E-state index contributed by atoms with van der Waals surface area (Å²) in [5, 5.41) is 9.75. The summed E-state index contributed by atoms with van der Waals surface area (Å²) >= 11 is 0. The SMILES string of the molecule is CC(=O)N(C(C)C)C1(C(=O)O)CCCC(C)C1C. The van der Waals surface area contributed by atoms with Crippen molar-refractivity contribution in [2.75, 3.05) is 0 Å². The number of carbonyl (C=O) groups is 2. The summed E-state index contributed by atoms with van der Waals surface area (Å²) in [5.41, 5.74) is -1.03. The normalized spacial score (nSPS) is 32.3. The molecule has 0 bridgehead atoms. The van der Waals surface area contributed by atoms with Crippen molar-refractivity contribution in [1.29, 1.82) is 0 Å². The number of rotatable bonds is 3. The van der Waals surface area contributed by atoms with Gasteiger partial charge in [0.05, 0.1) is 0 Å². The highest BCUT2D eigenvalue weighted by molar-refractivity contribution is 5.86. The molecule has 0 aromatic carbocycles. The van der Waals surface area contributed by atoms with Crippen LogP contribution in [0.2, 0.25) is 0 Å². The number of aliphatic carboxylic acids is 1. The van der Waals surface area contributed by atoms with E-state index in [9.17, 15) is 14.7 Å². The highest BCUT2D eigenvalue weighted by Crippen LogP contribution is 2.43. The molecule has 4 nitrogen and oxygen atoms in total. The zero-order valence-corrected chi connectivity index (χ0v) is 12.1. The number of carboxylic acids is 1. The van der Waals surface area contributed by atoms with Gasteiger partial charge >= 0.3 is 5.97 Å². The number of hydrogen-bond donors (Lipinski definition) is 1. The monoisotopic (exact) mass is 255 g/mol. The van der Waals surface area contributed by atoms with Gasteiger partial charge in [0.15, 0.2) is 0 Å². The summed E-state index contributed by atoms with van der Waals surface area (Å²) in [6.07, 6.45) is 2.47. The molecule has 1 N–H and O–H groups in total. The Morgan fingerprint density at radius 2 is 1.89 bits per heavy atom. The number of carbonyl (C=O) groups excluding carboxylic acids is 1. The lowest BCUT2D eigenvalue weighted by atomic mass is 9.67. The summed E-state index contributed by atoms with van der Waals surface area (Å²) in [7, 11) is 0. The lowest BCUT2D eigenvalue weighted by Gasteiger charge is -2.50. The van der Waals surface area contributed by atoms with Crippen LogP contribution in [0.15, 0.2) is 0 Å². The molecule has 0 aromatic heterocycles. The Balaban J connectivity index is 3.28. The molecule has 18 heavy (non-hydrogen) atoms. The molecule has 4 heteroatoms. The van der Waals surface area contributed by atoms with E-state index in [0.717, 1.165) is 12.8 Å². The molecule has 104 valence electrons. The fourth-order valence-electron chi connectivity index (χ4n) is 3.49. The van der Waals surface area contributed by atoms with Crippen LogP contribution >= 0.6 is 0 Å². The fraction of sp³-hybridized carbons (Fsp3) is 0.857. The maximum atomic E-state index is 11.9. The van der Waals surface area contributed by atoms with Crippen molar-refractivity contribution in [3.05, 3.63) is 0 Å². The molecule has 1 aliphatic rings. The maximum Gasteiger partial charge on any atom is 0.329 e. The molecular formula is C14H25NO3. The van der Waals surface area contributed by atoms with Crippen LogP contribution in [0.1, 0.15) is 53.9 Å². The zero-order valence-electron chi connectivity index (χ0n) is 12.1. The minimum absolute atomic E-state index is 0.0185. The highest BCUT2D eigenvalue weighted by atomic mass is 16.4. The third kappa shape index (κ3) is 2.25. The third-order valence-corrected chi connectivity index (χ3v) is 4.48. The smallest absolute Gasteiger partial charge is 0.329 e. The molecule has 3 atom stereocenters. The molecule has 1 rings (SSSR count). The molecule has 0 radical (unpaired) electrons. The number of nitrogens with zero attached hydrogens (tertiary/aromatic N) is 1. The van der Waals surface area contributed by atoms with E-state index in [2.05, 4.69) is 6.92 Å². The predicted molar refractivity (Wildman–Crippen MR) is 70.2 cm³/mol. The van der Waals surface area contributed by atoms with E-state index in [-0.39, 0.29) is 17.9 Å². The Kier molecular flexibility index (Phi) is 4.41. The third-order valence-electron chi connectivity index (χ3n) is 4.48. The minimum atomic E-state index is -1.03. The first-order valence-corrected chi connectivity index (χ1v) is 6.78. The van der Waals surface area contributed by atoms with Gasteiger partial charge in [-0.25, -0.2) is 4.79 Å². The zero-order chi connectivity index (χ0) is 14.1. The van der Waals surface area contributed by atoms with Gasteiger partial charge in [-0.15, -0.1) is 0 Å². The minimum Gasteiger partial charge on any atom is -0.479 e. The molecular weight excluding hydrogens is 230 g/mol. The van der Waals surface area contributed by atoms with Crippen LogP contribution in [-0.4, -0.2) is 33.5 Å². The molecule has 0 heterocycles. The number of hydrogen-bond acceptors (Lipinski definition) is 2. The molecule has 0 saturated heterocycles. The summed E-state index contributed by atoms with van der Waals surface area (Å²) in [6.45, 7) is 9.29. The lowest BCUT2D eigenvalue weighted by molar-refractivity contribution is -0.170. The van der Waals surface area contributed by atoms with Gasteiger partial charge in [0.1, 0.15) is 5.54 Å². The standard InChI is InChI=1S/C14H25NO3/c1-9(2)15(12(5)16)14(13(17)18)8-6-7-10(3)11(14)4/h9-11H,6-8H2,1-5H3,(H,17,18). The van der Waals surface area contributed by atoms with Crippen molar-refractivity contribution in [3.63, 3.8) is 0 Å². The quantitative estimate of drug-likeness (QED) is 0.843. The van der Waals surface area contributed by atoms with Crippen LogP contribution in [0.3, 0.4) is 0 Å². The van der Waals surface area contributed by atoms with Gasteiger partial charge in [0.2, 0.25) is 5.91 Å². The Labute approximate surface area is 109 Å². The van der Waals surface area contributed by atoms with E-state index in [0.29, 0.717) is 12.3 Å². The van der Waals surface area contributed by atoms with Gasteiger partial charge in [-0.05, 0) is 32.1 Å². The van der Waals surface area contributed by atoms with E-state index < -0.39 is 11.5 Å². The van der Waals surface area contributed by atoms with Crippen molar-refractivity contribution in [1.82, 2.24) is 4.90 Å². The molecule has 1 aliphatic carbocycles.